The quantitative estimate of drug-likeness (QED) is 0.170. The molecule has 0 fully saturated rings. The van der Waals surface area contributed by atoms with Gasteiger partial charge in [0.1, 0.15) is 0 Å². The fourth-order valence-electron chi connectivity index (χ4n) is 7.32. The first-order valence-electron chi connectivity index (χ1n) is 17.4. The molecule has 49 heavy (non-hydrogen) atoms. The Morgan fingerprint density at radius 2 is 0.959 bits per heavy atom. The van der Waals surface area contributed by atoms with Crippen molar-refractivity contribution in [2.75, 3.05) is 18.5 Å². The number of rotatable bonds is 5. The van der Waals surface area contributed by atoms with Crippen molar-refractivity contribution in [3.05, 3.63) is 209 Å². The van der Waals surface area contributed by atoms with Crippen molar-refractivity contribution in [3.8, 4) is 22.3 Å². The topological polar surface area (TPSA) is 3.24 Å². The minimum Gasteiger partial charge on any atom is -0.371 e. The first-order valence-corrected chi connectivity index (χ1v) is 17.4. The van der Waals surface area contributed by atoms with Crippen LogP contribution >= 0.6 is 0 Å². The molecular weight excluding hydrogens is 591 g/mol. The number of anilines is 1. The van der Waals surface area contributed by atoms with Crippen LogP contribution in [0.25, 0.3) is 22.3 Å². The molecular formula is C48H47N. The Morgan fingerprint density at radius 1 is 0.531 bits per heavy atom. The number of nitrogens with zero attached hydrogens (tertiary/aromatic N) is 1. The van der Waals surface area contributed by atoms with Gasteiger partial charge in [-0.3, -0.25) is 0 Å². The summed E-state index contributed by atoms with van der Waals surface area (Å²) >= 11 is 0. The van der Waals surface area contributed by atoms with Gasteiger partial charge in [-0.25, -0.2) is 0 Å². The zero-order valence-corrected chi connectivity index (χ0v) is 29.6. The number of likely N-dealkylation sites (N-methyl/N-ethyl adjacent to an activating group) is 1. The number of aryl methyl sites for hydroxylation is 2. The van der Waals surface area contributed by atoms with E-state index in [1.54, 1.807) is 0 Å². The molecule has 2 aliphatic rings. The van der Waals surface area contributed by atoms with Gasteiger partial charge in [0, 0.05) is 19.3 Å². The van der Waals surface area contributed by atoms with Gasteiger partial charge in [0.05, 0.1) is 5.41 Å². The molecule has 0 amide bonds. The summed E-state index contributed by atoms with van der Waals surface area (Å²) in [5.41, 5.74) is 17.4. The summed E-state index contributed by atoms with van der Waals surface area (Å²) in [6.07, 6.45) is 6.85. The average Bonchev–Trinajstić information content (AvgIpc) is 3.61. The van der Waals surface area contributed by atoms with Gasteiger partial charge in [0.25, 0.3) is 0 Å². The molecule has 244 valence electrons. The number of hydrogen-bond acceptors (Lipinski definition) is 1. The van der Waals surface area contributed by atoms with Gasteiger partial charge in [-0.05, 0) is 113 Å². The van der Waals surface area contributed by atoms with Crippen molar-refractivity contribution in [2.45, 2.75) is 39.5 Å². The average molecular weight is 638 g/mol. The van der Waals surface area contributed by atoms with Crippen LogP contribution in [-0.2, 0) is 11.8 Å². The summed E-state index contributed by atoms with van der Waals surface area (Å²) in [4.78, 5) is 2.21. The van der Waals surface area contributed by atoms with E-state index >= 15 is 0 Å². The molecule has 0 atom stereocenters. The molecule has 6 aromatic rings. The van der Waals surface area contributed by atoms with E-state index in [1.165, 1.54) is 72.4 Å². The molecule has 6 aromatic carbocycles. The summed E-state index contributed by atoms with van der Waals surface area (Å²) < 4.78 is 0. The van der Waals surface area contributed by atoms with Gasteiger partial charge < -0.3 is 4.90 Å². The molecule has 1 heteroatoms. The van der Waals surface area contributed by atoms with Gasteiger partial charge in [-0.1, -0.05) is 146 Å². The van der Waals surface area contributed by atoms with Crippen molar-refractivity contribution in [1.29, 1.82) is 0 Å². The van der Waals surface area contributed by atoms with Crippen LogP contribution in [0.3, 0.4) is 0 Å². The molecule has 0 heterocycles. The van der Waals surface area contributed by atoms with Crippen LogP contribution in [0.1, 0.15) is 58.4 Å². The lowest BCUT2D eigenvalue weighted by Gasteiger charge is -2.30. The molecule has 0 unspecified atom stereocenters. The van der Waals surface area contributed by atoms with E-state index in [4.69, 9.17) is 0 Å². The van der Waals surface area contributed by atoms with E-state index in [-0.39, 0.29) is 5.41 Å². The third-order valence-corrected chi connectivity index (χ3v) is 10.0. The second kappa shape index (κ2) is 14.8. The highest BCUT2D eigenvalue weighted by atomic mass is 15.1. The maximum Gasteiger partial charge on any atom is 0.0725 e. The first kappa shape index (κ1) is 33.5. The Hall–Kier alpha value is -5.40. The molecule has 0 saturated carbocycles. The largest absolute Gasteiger partial charge is 0.371 e. The highest BCUT2D eigenvalue weighted by Crippen LogP contribution is 2.62. The van der Waals surface area contributed by atoms with Gasteiger partial charge in [0.15, 0.2) is 0 Å². The summed E-state index contributed by atoms with van der Waals surface area (Å²) in [5, 5.41) is 0. The third kappa shape index (κ3) is 6.30. The van der Waals surface area contributed by atoms with Crippen molar-refractivity contribution in [1.82, 2.24) is 0 Å². The van der Waals surface area contributed by atoms with Crippen LogP contribution in [0.2, 0.25) is 0 Å². The molecule has 0 bridgehead atoms. The van der Waals surface area contributed by atoms with Crippen LogP contribution in [-0.4, -0.2) is 13.6 Å². The maximum atomic E-state index is 3.86. The SMILES string of the molecule is C/C=C\C.C=CCN(C)c1ccc(Cc2ccc3c(c2)C2(c4ccccc4-c4ccccc42)c2ccccc2-3)cc1.Cc1ccccc1C. The molecule has 0 saturated heterocycles. The Morgan fingerprint density at radius 3 is 1.41 bits per heavy atom. The summed E-state index contributed by atoms with van der Waals surface area (Å²) in [7, 11) is 2.10. The predicted molar refractivity (Wildman–Crippen MR) is 212 cm³/mol. The smallest absolute Gasteiger partial charge is 0.0725 e. The third-order valence-electron chi connectivity index (χ3n) is 10.0. The van der Waals surface area contributed by atoms with E-state index in [0.29, 0.717) is 0 Å². The zero-order valence-electron chi connectivity index (χ0n) is 29.6. The lowest BCUT2D eigenvalue weighted by Crippen LogP contribution is -2.26. The number of hydrogen-bond donors (Lipinski definition) is 0. The maximum absolute atomic E-state index is 3.86. The van der Waals surface area contributed by atoms with E-state index in [2.05, 4.69) is 172 Å². The predicted octanol–water partition coefficient (Wildman–Crippen LogP) is 12.1. The molecule has 0 N–H and O–H groups in total. The molecule has 1 nitrogen and oxygen atoms in total. The number of allylic oxidation sites excluding steroid dienone is 2. The van der Waals surface area contributed by atoms with E-state index in [1.807, 2.05) is 32.1 Å². The van der Waals surface area contributed by atoms with Crippen molar-refractivity contribution in [2.24, 2.45) is 0 Å². The van der Waals surface area contributed by atoms with Crippen LogP contribution in [0.15, 0.2) is 164 Å². The minimum atomic E-state index is -0.271. The van der Waals surface area contributed by atoms with Crippen molar-refractivity contribution >= 4 is 5.69 Å². The standard InChI is InChI=1S/C36H29N.C8H10.C4H8/c1-3-22-37(2)27-19-16-25(17-20-27)23-26-18-21-31-30-12-6-9-15-34(30)36(35(31)24-26)32-13-7-4-10-28(32)29-11-5-8-14-33(29)36;1-7-5-3-4-6-8(7)2;1-3-4-2/h3-21,24H,1,22-23H2,2H3;3-6H,1-2H3;3-4H,1-2H3/b;;4-3-. The summed E-state index contributed by atoms with van der Waals surface area (Å²) in [6, 6.07) is 51.4. The van der Waals surface area contributed by atoms with Crippen LogP contribution in [0.4, 0.5) is 5.69 Å². The summed E-state index contributed by atoms with van der Waals surface area (Å²) in [5.74, 6) is 0. The van der Waals surface area contributed by atoms with Crippen LogP contribution in [0.5, 0.6) is 0 Å². The fourth-order valence-corrected chi connectivity index (χ4v) is 7.32. The molecule has 8 rings (SSSR count). The Kier molecular flexibility index (Phi) is 10.1. The lowest BCUT2D eigenvalue weighted by atomic mass is 9.70. The van der Waals surface area contributed by atoms with E-state index in [9.17, 15) is 0 Å². The highest BCUT2D eigenvalue weighted by Gasteiger charge is 2.51. The monoisotopic (exact) mass is 637 g/mol. The van der Waals surface area contributed by atoms with Gasteiger partial charge in [-0.2, -0.15) is 0 Å². The van der Waals surface area contributed by atoms with Gasteiger partial charge in [-0.15, -0.1) is 6.58 Å². The lowest BCUT2D eigenvalue weighted by molar-refractivity contribution is 0.792. The molecule has 0 aliphatic heterocycles. The Bertz CT molecular complexity index is 2010. The zero-order chi connectivity index (χ0) is 34.4. The normalized spacial score (nSPS) is 12.5. The molecule has 2 aliphatic carbocycles. The van der Waals surface area contributed by atoms with E-state index < -0.39 is 0 Å². The second-order valence-electron chi connectivity index (χ2n) is 13.0. The highest BCUT2D eigenvalue weighted by molar-refractivity contribution is 5.95. The Balaban J connectivity index is 0.000000297. The van der Waals surface area contributed by atoms with Gasteiger partial charge >= 0.3 is 0 Å². The molecule has 0 aromatic heterocycles. The first-order chi connectivity index (χ1) is 23.9. The van der Waals surface area contributed by atoms with Crippen LogP contribution < -0.4 is 4.90 Å². The number of benzene rings is 6. The van der Waals surface area contributed by atoms with E-state index in [0.717, 1.165) is 13.0 Å². The fraction of sp³-hybridized carbons (Fsp3) is 0.167. The summed E-state index contributed by atoms with van der Waals surface area (Å²) in [6.45, 7) is 12.9. The van der Waals surface area contributed by atoms with Crippen molar-refractivity contribution in [3.63, 3.8) is 0 Å². The molecule has 0 radical (unpaired) electrons. The molecule has 1 spiro atoms. The second-order valence-corrected chi connectivity index (χ2v) is 13.0. The van der Waals surface area contributed by atoms with Crippen LogP contribution in [0, 0.1) is 13.8 Å². The van der Waals surface area contributed by atoms with Crippen molar-refractivity contribution < 1.29 is 0 Å². The number of fused-ring (bicyclic) bond motifs is 10. The van der Waals surface area contributed by atoms with Gasteiger partial charge in [0.2, 0.25) is 0 Å². The Labute approximate surface area is 293 Å². The minimum absolute atomic E-state index is 0.271.